The van der Waals surface area contributed by atoms with Gasteiger partial charge in [0.25, 0.3) is 0 Å². The number of unbranched alkanes of at least 4 members (excludes halogenated alkanes) is 7. The van der Waals surface area contributed by atoms with Crippen LogP contribution >= 0.6 is 0 Å². The zero-order valence-electron chi connectivity index (χ0n) is 8.45. The van der Waals surface area contributed by atoms with E-state index in [9.17, 15) is 0 Å². The molecule has 0 fully saturated rings. The Hall–Kier alpha value is 1.25. The summed E-state index contributed by atoms with van der Waals surface area (Å²) >= 11 is 0. The normalized spacial score (nSPS) is 8.50. The molecule has 0 aromatic carbocycles. The largest absolute Gasteiger partial charge is 2.00 e. The second-order valence-electron chi connectivity index (χ2n) is 2.97. The molecule has 0 amide bonds. The van der Waals surface area contributed by atoms with Crippen molar-refractivity contribution in [3.63, 3.8) is 0 Å². The molecule has 0 unspecified atom stereocenters. The molecule has 0 aliphatic heterocycles. The Labute approximate surface area is 105 Å². The van der Waals surface area contributed by atoms with Crippen molar-refractivity contribution in [3.8, 4) is 0 Å². The first-order valence-corrected chi connectivity index (χ1v) is 4.71. The van der Waals surface area contributed by atoms with Crippen molar-refractivity contribution in [1.29, 1.82) is 0 Å². The van der Waals surface area contributed by atoms with Crippen LogP contribution in [0.25, 0.3) is 0 Å². The Morgan fingerprint density at radius 1 is 0.833 bits per heavy atom. The first-order chi connectivity index (χ1) is 4.91. The van der Waals surface area contributed by atoms with Crippen LogP contribution in [0.15, 0.2) is 0 Å². The Bertz CT molecular complexity index is 49.8. The van der Waals surface area contributed by atoms with Crippen LogP contribution in [-0.4, -0.2) is 23.1 Å². The molecule has 0 aliphatic carbocycles. The zero-order valence-corrected chi connectivity index (χ0v) is 11.4. The molecule has 12 heavy (non-hydrogen) atoms. The van der Waals surface area contributed by atoms with E-state index in [1.807, 2.05) is 0 Å². The van der Waals surface area contributed by atoms with Crippen molar-refractivity contribution < 1.29 is 17.0 Å². The Morgan fingerprint density at radius 3 is 1.67 bits per heavy atom. The van der Waals surface area contributed by atoms with Crippen LogP contribution in [0.3, 0.4) is 0 Å². The van der Waals surface area contributed by atoms with Crippen molar-refractivity contribution in [1.82, 2.24) is 0 Å². The van der Waals surface area contributed by atoms with Gasteiger partial charge in [-0.05, 0) is 0 Å². The molecule has 0 rings (SSSR count). The molecule has 0 N–H and O–H groups in total. The van der Waals surface area contributed by atoms with Gasteiger partial charge in [0.15, 0.2) is 0 Å². The first kappa shape index (κ1) is 18.9. The molecule has 0 atom stereocenters. The summed E-state index contributed by atoms with van der Waals surface area (Å²) in [7, 11) is 0. The maximum absolute atomic E-state index is 3.82. The van der Waals surface area contributed by atoms with Crippen LogP contribution in [0.5, 0.6) is 0 Å². The van der Waals surface area contributed by atoms with Gasteiger partial charge in [0.1, 0.15) is 0 Å². The molecular formula is C10H21BrMg. The number of halogens is 1. The van der Waals surface area contributed by atoms with Crippen LogP contribution in [-0.2, 0) is 0 Å². The van der Waals surface area contributed by atoms with E-state index in [1.165, 1.54) is 44.9 Å². The van der Waals surface area contributed by atoms with Gasteiger partial charge in [-0.2, -0.15) is 6.42 Å². The third-order valence-corrected chi connectivity index (χ3v) is 1.85. The van der Waals surface area contributed by atoms with Gasteiger partial charge in [-0.1, -0.05) is 51.9 Å². The average Bonchev–Trinajstić information content (AvgIpc) is 1.97. The zero-order chi connectivity index (χ0) is 7.66. The van der Waals surface area contributed by atoms with Crippen LogP contribution in [0.4, 0.5) is 0 Å². The molecule has 0 aromatic rings. The van der Waals surface area contributed by atoms with Gasteiger partial charge < -0.3 is 23.9 Å². The minimum Gasteiger partial charge on any atom is -1.00 e. The first-order valence-electron chi connectivity index (χ1n) is 4.71. The van der Waals surface area contributed by atoms with Gasteiger partial charge in [0.2, 0.25) is 0 Å². The fraction of sp³-hybridized carbons (Fsp3) is 0.900. The topological polar surface area (TPSA) is 0 Å². The van der Waals surface area contributed by atoms with E-state index in [-0.39, 0.29) is 40.0 Å². The van der Waals surface area contributed by atoms with Gasteiger partial charge >= 0.3 is 23.1 Å². The maximum atomic E-state index is 3.82. The van der Waals surface area contributed by atoms with Crippen molar-refractivity contribution in [2.45, 2.75) is 58.3 Å². The fourth-order valence-corrected chi connectivity index (χ4v) is 1.13. The maximum Gasteiger partial charge on any atom is 2.00 e. The number of rotatable bonds is 7. The van der Waals surface area contributed by atoms with E-state index in [0.29, 0.717) is 0 Å². The van der Waals surface area contributed by atoms with Gasteiger partial charge in [0.05, 0.1) is 0 Å². The Morgan fingerprint density at radius 2 is 1.25 bits per heavy atom. The van der Waals surface area contributed by atoms with Crippen molar-refractivity contribution in [2.24, 2.45) is 0 Å². The molecule has 0 radical (unpaired) electrons. The van der Waals surface area contributed by atoms with E-state index in [1.54, 1.807) is 0 Å². The molecule has 0 bridgehead atoms. The smallest absolute Gasteiger partial charge is 1.00 e. The van der Waals surface area contributed by atoms with Gasteiger partial charge in [-0.15, -0.1) is 0 Å². The van der Waals surface area contributed by atoms with E-state index < -0.39 is 0 Å². The summed E-state index contributed by atoms with van der Waals surface area (Å²) in [6.45, 7) is 6.08. The molecule has 0 saturated carbocycles. The molecule has 0 aliphatic rings. The van der Waals surface area contributed by atoms with Crippen LogP contribution in [0, 0.1) is 6.92 Å². The third kappa shape index (κ3) is 17.4. The molecule has 0 nitrogen and oxygen atoms in total. The Kier molecular flexibility index (Phi) is 28.6. The molecule has 0 aromatic heterocycles. The van der Waals surface area contributed by atoms with Crippen molar-refractivity contribution in [3.05, 3.63) is 6.92 Å². The fourth-order valence-electron chi connectivity index (χ4n) is 1.13. The average molecular weight is 245 g/mol. The molecule has 2 heteroatoms. The predicted octanol–water partition coefficient (Wildman–Crippen LogP) is 0.584. The Balaban J connectivity index is -0.000000405. The van der Waals surface area contributed by atoms with Crippen molar-refractivity contribution >= 4 is 23.1 Å². The molecule has 0 heterocycles. The van der Waals surface area contributed by atoms with Gasteiger partial charge in [-0.3, -0.25) is 0 Å². The number of hydrogen-bond acceptors (Lipinski definition) is 0. The summed E-state index contributed by atoms with van der Waals surface area (Å²) in [6.07, 6.45) is 10.9. The second kappa shape index (κ2) is 18.1. The molecular weight excluding hydrogens is 224 g/mol. The monoisotopic (exact) mass is 244 g/mol. The standard InChI is InChI=1S/C10H21.BrH.Mg/c1-3-5-7-9-10-8-6-4-2;;/h1,3-10H2,2H3;1H;/q-1;;+2/p-1. The summed E-state index contributed by atoms with van der Waals surface area (Å²) in [5.41, 5.74) is 0. The predicted molar refractivity (Wildman–Crippen MR) is 53.7 cm³/mol. The van der Waals surface area contributed by atoms with Crippen LogP contribution < -0.4 is 17.0 Å². The van der Waals surface area contributed by atoms with E-state index >= 15 is 0 Å². The van der Waals surface area contributed by atoms with E-state index in [4.69, 9.17) is 0 Å². The van der Waals surface area contributed by atoms with Gasteiger partial charge in [-0.25, -0.2) is 0 Å². The summed E-state index contributed by atoms with van der Waals surface area (Å²) in [5, 5.41) is 0. The van der Waals surface area contributed by atoms with Crippen LogP contribution in [0.2, 0.25) is 0 Å². The van der Waals surface area contributed by atoms with Crippen molar-refractivity contribution in [2.75, 3.05) is 0 Å². The van der Waals surface area contributed by atoms with E-state index in [0.717, 1.165) is 6.42 Å². The molecule has 0 saturated heterocycles. The summed E-state index contributed by atoms with van der Waals surface area (Å²) in [6, 6.07) is 0. The van der Waals surface area contributed by atoms with Crippen LogP contribution in [0.1, 0.15) is 58.3 Å². The SMILES string of the molecule is [Br-].[CH2-]CCCCCCCCC.[Mg+2]. The molecule has 70 valence electrons. The second-order valence-corrected chi connectivity index (χ2v) is 2.97. The minimum absolute atomic E-state index is 0. The minimum atomic E-state index is 0. The third-order valence-electron chi connectivity index (χ3n) is 1.85. The number of hydrogen-bond donors (Lipinski definition) is 0. The summed E-state index contributed by atoms with van der Waals surface area (Å²) in [5.74, 6) is 0. The summed E-state index contributed by atoms with van der Waals surface area (Å²) < 4.78 is 0. The van der Waals surface area contributed by atoms with Gasteiger partial charge in [0, 0.05) is 0 Å². The quantitative estimate of drug-likeness (QED) is 0.350. The van der Waals surface area contributed by atoms with E-state index in [2.05, 4.69) is 13.8 Å². The molecule has 0 spiro atoms. The summed E-state index contributed by atoms with van der Waals surface area (Å²) in [4.78, 5) is 0.